The number of hydrogen-bond acceptors (Lipinski definition) is 9. The molecule has 3 amide bonds. The van der Waals surface area contributed by atoms with Crippen molar-refractivity contribution >= 4 is 29.7 Å². The van der Waals surface area contributed by atoms with E-state index >= 15 is 0 Å². The van der Waals surface area contributed by atoms with E-state index in [2.05, 4.69) is 15.6 Å². The molecule has 4 atom stereocenters. The largest absolute Gasteiger partial charge is 0.480 e. The van der Waals surface area contributed by atoms with Crippen molar-refractivity contribution in [3.8, 4) is 0 Å². The summed E-state index contributed by atoms with van der Waals surface area (Å²) in [6.45, 7) is -2.34. The predicted molar refractivity (Wildman–Crippen MR) is 103 cm³/mol. The quantitative estimate of drug-likeness (QED) is 0.0696. The Kier molecular flexibility index (Phi) is 12.6. The number of hydrogen-bond donors (Lipinski definition) is 10. The standard InChI is InChI=1S/C15H29N7O8/c16-7(4-23)11(26)20-8(2-1-3-19-15(17)18)12(27)21-9(5-24)13(28)22-10(6-25)14(29)30/h7-10,23-25H,1-6,16H2,(H,20,26)(H,21,27)(H,22,28)(H,29,30)(H4,17,18,19). The smallest absolute Gasteiger partial charge is 0.328 e. The molecule has 0 aromatic rings. The summed E-state index contributed by atoms with van der Waals surface area (Å²) in [5.74, 6) is -4.48. The van der Waals surface area contributed by atoms with E-state index < -0.39 is 67.7 Å². The number of carboxylic acid groups (broad SMARTS) is 1. The van der Waals surface area contributed by atoms with Gasteiger partial charge in [-0.2, -0.15) is 0 Å². The molecule has 0 heterocycles. The Bertz CT molecular complexity index is 626. The third-order valence-electron chi connectivity index (χ3n) is 3.72. The minimum Gasteiger partial charge on any atom is -0.480 e. The average Bonchev–Trinajstić information content (AvgIpc) is 2.70. The zero-order chi connectivity index (χ0) is 23.3. The normalized spacial score (nSPS) is 14.5. The summed E-state index contributed by atoms with van der Waals surface area (Å²) >= 11 is 0. The maximum absolute atomic E-state index is 12.5. The van der Waals surface area contributed by atoms with Gasteiger partial charge in [-0.1, -0.05) is 0 Å². The Morgan fingerprint density at radius 1 is 0.800 bits per heavy atom. The Morgan fingerprint density at radius 2 is 1.30 bits per heavy atom. The van der Waals surface area contributed by atoms with Gasteiger partial charge in [0.1, 0.15) is 24.2 Å². The van der Waals surface area contributed by atoms with Crippen molar-refractivity contribution in [2.45, 2.75) is 37.0 Å². The van der Waals surface area contributed by atoms with Gasteiger partial charge >= 0.3 is 5.97 Å². The van der Waals surface area contributed by atoms with Crippen LogP contribution in [0.2, 0.25) is 0 Å². The number of aliphatic hydroxyl groups is 3. The fourth-order valence-corrected chi connectivity index (χ4v) is 2.06. The molecule has 15 heteroatoms. The second kappa shape index (κ2) is 14.0. The molecule has 30 heavy (non-hydrogen) atoms. The van der Waals surface area contributed by atoms with Crippen LogP contribution in [0.25, 0.3) is 0 Å². The highest BCUT2D eigenvalue weighted by Gasteiger charge is 2.29. The molecular formula is C15H29N7O8. The fraction of sp³-hybridized carbons (Fsp3) is 0.667. The average molecular weight is 435 g/mol. The van der Waals surface area contributed by atoms with Crippen LogP contribution in [0.1, 0.15) is 12.8 Å². The number of guanidine groups is 1. The second-order valence-corrected chi connectivity index (χ2v) is 6.12. The fourth-order valence-electron chi connectivity index (χ4n) is 2.06. The van der Waals surface area contributed by atoms with Crippen molar-refractivity contribution in [2.75, 3.05) is 26.4 Å². The number of aliphatic hydroxyl groups excluding tert-OH is 3. The van der Waals surface area contributed by atoms with Crippen LogP contribution in [0.5, 0.6) is 0 Å². The highest BCUT2D eigenvalue weighted by Crippen LogP contribution is 2.01. The van der Waals surface area contributed by atoms with E-state index in [1.807, 2.05) is 5.32 Å². The summed E-state index contributed by atoms with van der Waals surface area (Å²) in [6.07, 6.45) is 0.257. The molecular weight excluding hydrogens is 406 g/mol. The zero-order valence-electron chi connectivity index (χ0n) is 16.2. The number of aliphatic carboxylic acids is 1. The number of nitrogens with zero attached hydrogens (tertiary/aromatic N) is 1. The number of aliphatic imine (C=N–C) groups is 1. The van der Waals surface area contributed by atoms with E-state index in [0.29, 0.717) is 0 Å². The molecule has 4 unspecified atom stereocenters. The lowest BCUT2D eigenvalue weighted by atomic mass is 10.1. The van der Waals surface area contributed by atoms with Crippen molar-refractivity contribution in [1.82, 2.24) is 16.0 Å². The summed E-state index contributed by atoms with van der Waals surface area (Å²) in [4.78, 5) is 51.1. The molecule has 0 aliphatic heterocycles. The Balaban J connectivity index is 5.18. The minimum absolute atomic E-state index is 0.0145. The number of nitrogens with two attached hydrogens (primary N) is 3. The molecule has 0 saturated heterocycles. The Labute approximate surface area is 171 Å². The van der Waals surface area contributed by atoms with E-state index in [1.165, 1.54) is 0 Å². The molecule has 0 fully saturated rings. The van der Waals surface area contributed by atoms with Crippen LogP contribution in [0, 0.1) is 0 Å². The van der Waals surface area contributed by atoms with E-state index in [4.69, 9.17) is 32.5 Å². The molecule has 0 aromatic heterocycles. The van der Waals surface area contributed by atoms with Crippen molar-refractivity contribution in [3.63, 3.8) is 0 Å². The van der Waals surface area contributed by atoms with Gasteiger partial charge in [-0.15, -0.1) is 0 Å². The van der Waals surface area contributed by atoms with Gasteiger partial charge in [-0.05, 0) is 12.8 Å². The molecule has 13 N–H and O–H groups in total. The van der Waals surface area contributed by atoms with Crippen LogP contribution < -0.4 is 33.2 Å². The van der Waals surface area contributed by atoms with Gasteiger partial charge in [0.25, 0.3) is 0 Å². The molecule has 15 nitrogen and oxygen atoms in total. The van der Waals surface area contributed by atoms with E-state index in [-0.39, 0.29) is 25.3 Å². The lowest BCUT2D eigenvalue weighted by Crippen LogP contribution is -2.58. The highest BCUT2D eigenvalue weighted by molar-refractivity contribution is 5.94. The first-order chi connectivity index (χ1) is 14.1. The summed E-state index contributed by atoms with van der Waals surface area (Å²) in [7, 11) is 0. The van der Waals surface area contributed by atoms with Gasteiger partial charge in [0, 0.05) is 6.54 Å². The third-order valence-corrected chi connectivity index (χ3v) is 3.72. The first-order valence-corrected chi connectivity index (χ1v) is 8.84. The first-order valence-electron chi connectivity index (χ1n) is 8.84. The third kappa shape index (κ3) is 9.97. The monoisotopic (exact) mass is 435 g/mol. The summed E-state index contributed by atoms with van der Waals surface area (Å²) < 4.78 is 0. The number of amides is 3. The van der Waals surface area contributed by atoms with Gasteiger partial charge in [0.15, 0.2) is 5.96 Å². The topological polar surface area (TPSA) is 276 Å². The highest BCUT2D eigenvalue weighted by atomic mass is 16.4. The molecule has 0 aromatic carbocycles. The predicted octanol–water partition coefficient (Wildman–Crippen LogP) is -6.12. The van der Waals surface area contributed by atoms with Gasteiger partial charge < -0.3 is 53.6 Å². The van der Waals surface area contributed by atoms with Crippen LogP contribution >= 0.6 is 0 Å². The molecule has 0 bridgehead atoms. The van der Waals surface area contributed by atoms with Crippen LogP contribution in [0.15, 0.2) is 4.99 Å². The second-order valence-electron chi connectivity index (χ2n) is 6.12. The lowest BCUT2D eigenvalue weighted by Gasteiger charge is -2.23. The van der Waals surface area contributed by atoms with Crippen molar-refractivity contribution in [3.05, 3.63) is 0 Å². The maximum Gasteiger partial charge on any atom is 0.328 e. The maximum atomic E-state index is 12.5. The number of carbonyl (C=O) groups is 4. The molecule has 0 saturated carbocycles. The van der Waals surface area contributed by atoms with Gasteiger partial charge in [0.2, 0.25) is 17.7 Å². The molecule has 0 spiro atoms. The summed E-state index contributed by atoms with van der Waals surface area (Å²) in [5.41, 5.74) is 15.8. The molecule has 0 aliphatic carbocycles. The number of rotatable bonds is 14. The van der Waals surface area contributed by atoms with E-state index in [1.54, 1.807) is 0 Å². The van der Waals surface area contributed by atoms with Gasteiger partial charge in [0.05, 0.1) is 19.8 Å². The molecule has 0 radical (unpaired) electrons. The van der Waals surface area contributed by atoms with Crippen molar-refractivity contribution < 1.29 is 39.6 Å². The molecule has 0 rings (SSSR count). The van der Waals surface area contributed by atoms with Gasteiger partial charge in [-0.3, -0.25) is 19.4 Å². The van der Waals surface area contributed by atoms with Crippen LogP contribution in [-0.2, 0) is 19.2 Å². The Hall–Kier alpha value is -3.01. The minimum atomic E-state index is -1.64. The zero-order valence-corrected chi connectivity index (χ0v) is 16.2. The van der Waals surface area contributed by atoms with Crippen molar-refractivity contribution in [2.24, 2.45) is 22.2 Å². The summed E-state index contributed by atoms with van der Waals surface area (Å²) in [5, 5.41) is 42.5. The van der Waals surface area contributed by atoms with Crippen LogP contribution in [-0.4, -0.2) is 101 Å². The van der Waals surface area contributed by atoms with Crippen LogP contribution in [0.4, 0.5) is 0 Å². The number of nitrogens with one attached hydrogen (secondary N) is 3. The number of carboxylic acids is 1. The SMILES string of the molecule is NC(N)=NCCCC(NC(=O)C(N)CO)C(=O)NC(CO)C(=O)NC(CO)C(=O)O. The van der Waals surface area contributed by atoms with E-state index in [0.717, 1.165) is 0 Å². The summed E-state index contributed by atoms with van der Waals surface area (Å²) in [6, 6.07) is -5.72. The van der Waals surface area contributed by atoms with Crippen molar-refractivity contribution in [1.29, 1.82) is 0 Å². The molecule has 172 valence electrons. The lowest BCUT2D eigenvalue weighted by molar-refractivity contribution is -0.143. The van der Waals surface area contributed by atoms with E-state index in [9.17, 15) is 24.3 Å². The Morgan fingerprint density at radius 3 is 1.77 bits per heavy atom. The first kappa shape index (κ1) is 27.0. The molecule has 0 aliphatic rings. The number of carbonyl (C=O) groups excluding carboxylic acids is 3. The van der Waals surface area contributed by atoms with Gasteiger partial charge in [-0.25, -0.2) is 4.79 Å². The van der Waals surface area contributed by atoms with Crippen LogP contribution in [0.3, 0.4) is 0 Å².